The summed E-state index contributed by atoms with van der Waals surface area (Å²) in [5, 5.41) is 25.9. The van der Waals surface area contributed by atoms with Gasteiger partial charge in [0.2, 0.25) is 11.8 Å². The predicted octanol–water partition coefficient (Wildman–Crippen LogP) is 0.515. The van der Waals surface area contributed by atoms with Gasteiger partial charge in [-0.1, -0.05) is 18.2 Å². The van der Waals surface area contributed by atoms with E-state index in [4.69, 9.17) is 5.41 Å². The maximum atomic E-state index is 13.1. The van der Waals surface area contributed by atoms with Crippen molar-refractivity contribution in [3.63, 3.8) is 0 Å². The fourth-order valence-corrected chi connectivity index (χ4v) is 3.85. The SMILES string of the molecule is N=CC(=O)CC[C@H](NC(=O)[C@H](Cc1c[nH]c2ccccc12)NC1CCNC(=O)C1)C(=O)O. The van der Waals surface area contributed by atoms with Gasteiger partial charge >= 0.3 is 5.97 Å². The van der Waals surface area contributed by atoms with Crippen molar-refractivity contribution in [1.82, 2.24) is 20.9 Å². The van der Waals surface area contributed by atoms with Crippen LogP contribution < -0.4 is 16.0 Å². The Bertz CT molecular complexity index is 1020. The molecule has 2 aromatic rings. The van der Waals surface area contributed by atoms with Crippen LogP contribution in [0.15, 0.2) is 30.5 Å². The summed E-state index contributed by atoms with van der Waals surface area (Å²) in [6, 6.07) is 5.42. The number of Topliss-reactive ketones (excluding diaryl/α,β-unsaturated/α-hetero) is 1. The molecule has 1 aliphatic heterocycles. The van der Waals surface area contributed by atoms with E-state index in [9.17, 15) is 24.3 Å². The van der Waals surface area contributed by atoms with Crippen LogP contribution in [-0.2, 0) is 25.6 Å². The van der Waals surface area contributed by atoms with Crippen LogP contribution in [0.25, 0.3) is 10.9 Å². The second-order valence-electron chi connectivity index (χ2n) is 7.87. The molecule has 1 saturated heterocycles. The maximum absolute atomic E-state index is 13.1. The molecule has 3 rings (SSSR count). The summed E-state index contributed by atoms with van der Waals surface area (Å²) in [7, 11) is 0. The van der Waals surface area contributed by atoms with Crippen LogP contribution in [-0.4, -0.2) is 64.5 Å². The highest BCUT2D eigenvalue weighted by Crippen LogP contribution is 2.20. The monoisotopic (exact) mass is 441 g/mol. The second-order valence-corrected chi connectivity index (χ2v) is 7.87. The first-order chi connectivity index (χ1) is 15.4. The van der Waals surface area contributed by atoms with E-state index >= 15 is 0 Å². The third-order valence-electron chi connectivity index (χ3n) is 5.55. The summed E-state index contributed by atoms with van der Waals surface area (Å²) >= 11 is 0. The Balaban J connectivity index is 1.77. The molecule has 170 valence electrons. The number of carboxylic acid groups (broad SMARTS) is 1. The lowest BCUT2D eigenvalue weighted by atomic mass is 9.99. The molecule has 0 radical (unpaired) electrons. The zero-order chi connectivity index (χ0) is 23.1. The van der Waals surface area contributed by atoms with Gasteiger partial charge in [0.05, 0.1) is 12.3 Å². The molecule has 10 nitrogen and oxygen atoms in total. The van der Waals surface area contributed by atoms with E-state index < -0.39 is 29.7 Å². The molecular formula is C22H27N5O5. The average Bonchev–Trinajstić information content (AvgIpc) is 3.18. The molecule has 6 N–H and O–H groups in total. The number of carboxylic acids is 1. The van der Waals surface area contributed by atoms with Crippen molar-refractivity contribution < 1.29 is 24.3 Å². The third-order valence-corrected chi connectivity index (χ3v) is 5.55. The normalized spacial score (nSPS) is 17.9. The number of H-pyrrole nitrogens is 1. The molecule has 1 fully saturated rings. The van der Waals surface area contributed by atoms with E-state index in [-0.39, 0.29) is 31.2 Å². The molecule has 2 amide bonds. The number of aromatic amines is 1. The number of para-hydroxylation sites is 1. The highest BCUT2D eigenvalue weighted by Gasteiger charge is 2.29. The number of aliphatic carboxylic acids is 1. The second kappa shape index (κ2) is 10.7. The number of ketones is 1. The number of nitrogens with one attached hydrogen (secondary N) is 5. The number of amides is 2. The Kier molecular flexibility index (Phi) is 7.72. The maximum Gasteiger partial charge on any atom is 0.326 e. The summed E-state index contributed by atoms with van der Waals surface area (Å²) in [6.45, 7) is 0.501. The van der Waals surface area contributed by atoms with E-state index in [0.29, 0.717) is 25.6 Å². The minimum absolute atomic E-state index is 0.103. The lowest BCUT2D eigenvalue weighted by Crippen LogP contribution is -2.55. The van der Waals surface area contributed by atoms with Crippen molar-refractivity contribution >= 4 is 40.7 Å². The first-order valence-electron chi connectivity index (χ1n) is 10.5. The van der Waals surface area contributed by atoms with Crippen LogP contribution in [0.2, 0.25) is 0 Å². The van der Waals surface area contributed by atoms with Crippen molar-refractivity contribution in [3.05, 3.63) is 36.0 Å². The van der Waals surface area contributed by atoms with Gasteiger partial charge in [-0.3, -0.25) is 14.4 Å². The fraction of sp³-hybridized carbons (Fsp3) is 0.409. The van der Waals surface area contributed by atoms with Gasteiger partial charge in [0.15, 0.2) is 5.78 Å². The molecule has 2 heterocycles. The van der Waals surface area contributed by atoms with Crippen LogP contribution >= 0.6 is 0 Å². The Morgan fingerprint density at radius 2 is 2.03 bits per heavy atom. The molecule has 1 aromatic heterocycles. The van der Waals surface area contributed by atoms with Gasteiger partial charge in [0.1, 0.15) is 6.04 Å². The average molecular weight is 441 g/mol. The number of hydrogen-bond donors (Lipinski definition) is 6. The smallest absolute Gasteiger partial charge is 0.326 e. The van der Waals surface area contributed by atoms with Gasteiger partial charge in [0, 0.05) is 42.5 Å². The number of aromatic nitrogens is 1. The molecule has 0 aliphatic carbocycles. The van der Waals surface area contributed by atoms with Crippen LogP contribution in [0.4, 0.5) is 0 Å². The zero-order valence-corrected chi connectivity index (χ0v) is 17.5. The molecule has 0 saturated carbocycles. The summed E-state index contributed by atoms with van der Waals surface area (Å²) in [5.41, 5.74) is 1.81. The summed E-state index contributed by atoms with van der Waals surface area (Å²) in [4.78, 5) is 51.1. The van der Waals surface area contributed by atoms with Gasteiger partial charge in [-0.25, -0.2) is 4.79 Å². The van der Waals surface area contributed by atoms with Gasteiger partial charge in [-0.15, -0.1) is 0 Å². The van der Waals surface area contributed by atoms with Crippen molar-refractivity contribution in [2.75, 3.05) is 6.54 Å². The number of carbonyl (C=O) groups excluding carboxylic acids is 3. The minimum Gasteiger partial charge on any atom is -0.480 e. The highest BCUT2D eigenvalue weighted by atomic mass is 16.4. The van der Waals surface area contributed by atoms with E-state index in [0.717, 1.165) is 16.5 Å². The lowest BCUT2D eigenvalue weighted by Gasteiger charge is -2.28. The van der Waals surface area contributed by atoms with Crippen LogP contribution in [0.3, 0.4) is 0 Å². The number of hydrogen-bond acceptors (Lipinski definition) is 6. The topological polar surface area (TPSA) is 164 Å². The largest absolute Gasteiger partial charge is 0.480 e. The molecule has 10 heteroatoms. The quantitative estimate of drug-likeness (QED) is 0.278. The summed E-state index contributed by atoms with van der Waals surface area (Å²) in [6.07, 6.45) is 3.37. The summed E-state index contributed by atoms with van der Waals surface area (Å²) < 4.78 is 0. The van der Waals surface area contributed by atoms with Crippen molar-refractivity contribution in [2.45, 2.75) is 50.2 Å². The fourth-order valence-electron chi connectivity index (χ4n) is 3.85. The van der Waals surface area contributed by atoms with Gasteiger partial charge < -0.3 is 31.5 Å². The number of rotatable bonds is 11. The number of piperidine rings is 1. The lowest BCUT2D eigenvalue weighted by molar-refractivity contribution is -0.142. The molecule has 1 unspecified atom stereocenters. The number of carbonyl (C=O) groups is 4. The van der Waals surface area contributed by atoms with Crippen LogP contribution in [0.5, 0.6) is 0 Å². The zero-order valence-electron chi connectivity index (χ0n) is 17.5. The minimum atomic E-state index is -1.26. The molecule has 1 aromatic carbocycles. The number of fused-ring (bicyclic) bond motifs is 1. The molecule has 0 bridgehead atoms. The van der Waals surface area contributed by atoms with Crippen LogP contribution in [0.1, 0.15) is 31.2 Å². The Morgan fingerprint density at radius 1 is 1.25 bits per heavy atom. The predicted molar refractivity (Wildman–Crippen MR) is 118 cm³/mol. The number of benzene rings is 1. The molecule has 3 atom stereocenters. The van der Waals surface area contributed by atoms with E-state index in [2.05, 4.69) is 20.9 Å². The molecule has 32 heavy (non-hydrogen) atoms. The molecular weight excluding hydrogens is 414 g/mol. The standard InChI is InChI=1S/C22H27N5O5/c23-11-15(28)5-6-18(22(31)32)27-21(30)19(26-14-7-8-24-20(29)10-14)9-13-12-25-17-4-2-1-3-16(13)17/h1-4,11-12,14,18-19,23,25-26H,5-10H2,(H,24,29)(H,27,30)(H,31,32)/t14?,18-,19-/m0/s1. The van der Waals surface area contributed by atoms with Gasteiger partial charge in [-0.05, 0) is 30.9 Å². The van der Waals surface area contributed by atoms with Crippen molar-refractivity contribution in [2.24, 2.45) is 0 Å². The molecule has 0 spiro atoms. The van der Waals surface area contributed by atoms with Crippen LogP contribution in [0, 0.1) is 5.41 Å². The highest BCUT2D eigenvalue weighted by molar-refractivity contribution is 6.26. The first-order valence-corrected chi connectivity index (χ1v) is 10.5. The van der Waals surface area contributed by atoms with Crippen molar-refractivity contribution in [3.8, 4) is 0 Å². The van der Waals surface area contributed by atoms with E-state index in [1.54, 1.807) is 0 Å². The Hall–Kier alpha value is -3.53. The third kappa shape index (κ3) is 6.01. The summed E-state index contributed by atoms with van der Waals surface area (Å²) in [5.74, 6) is -2.38. The Labute approximate surface area is 184 Å². The van der Waals surface area contributed by atoms with E-state index in [1.165, 1.54) is 0 Å². The van der Waals surface area contributed by atoms with Crippen molar-refractivity contribution in [1.29, 1.82) is 5.41 Å². The van der Waals surface area contributed by atoms with Gasteiger partial charge in [0.25, 0.3) is 0 Å². The Morgan fingerprint density at radius 3 is 2.75 bits per heavy atom. The van der Waals surface area contributed by atoms with E-state index in [1.807, 2.05) is 30.5 Å². The first kappa shape index (κ1) is 23.1. The van der Waals surface area contributed by atoms with Gasteiger partial charge in [-0.2, -0.15) is 0 Å². The molecule has 1 aliphatic rings.